The molecule has 2 aromatic heterocycles. The van der Waals surface area contributed by atoms with Gasteiger partial charge in [-0.05, 0) is 25.5 Å². The van der Waals surface area contributed by atoms with Crippen LogP contribution in [0.15, 0.2) is 24.4 Å². The molecule has 0 saturated carbocycles. The molecule has 2 aromatic rings. The van der Waals surface area contributed by atoms with Gasteiger partial charge < -0.3 is 5.73 Å². The highest BCUT2D eigenvalue weighted by atomic mass is 32.1. The molecule has 90 valence electrons. The average Bonchev–Trinajstić information content (AvgIpc) is 2.75. The van der Waals surface area contributed by atoms with Gasteiger partial charge in [0.2, 0.25) is 0 Å². The molecule has 0 fully saturated rings. The molecule has 0 aromatic carbocycles. The van der Waals surface area contributed by atoms with E-state index in [1.165, 1.54) is 4.88 Å². The van der Waals surface area contributed by atoms with E-state index in [2.05, 4.69) is 23.8 Å². The van der Waals surface area contributed by atoms with Crippen LogP contribution in [-0.4, -0.2) is 16.5 Å². The van der Waals surface area contributed by atoms with E-state index in [4.69, 9.17) is 5.73 Å². The van der Waals surface area contributed by atoms with Crippen LogP contribution in [0, 0.1) is 6.92 Å². The third-order valence-electron chi connectivity index (χ3n) is 2.86. The van der Waals surface area contributed by atoms with E-state index in [0.29, 0.717) is 12.5 Å². The molecular weight excluding hydrogens is 230 g/mol. The molecule has 3 nitrogen and oxygen atoms in total. The van der Waals surface area contributed by atoms with E-state index in [1.807, 2.05) is 18.2 Å². The standard InChI is InChI=1S/C13H17N3S/c1-3-10(8-14)12-9(2)16-13(17-12)11-6-4-5-7-15-11/h4-7,10H,3,8,14H2,1-2H3. The lowest BCUT2D eigenvalue weighted by Gasteiger charge is -2.09. The SMILES string of the molecule is CCC(CN)c1sc(-c2ccccn2)nc1C. The first-order valence-corrected chi connectivity index (χ1v) is 6.66. The summed E-state index contributed by atoms with van der Waals surface area (Å²) in [7, 11) is 0. The van der Waals surface area contributed by atoms with Crippen molar-refractivity contribution in [3.05, 3.63) is 35.0 Å². The van der Waals surface area contributed by atoms with Gasteiger partial charge in [-0.25, -0.2) is 4.98 Å². The van der Waals surface area contributed by atoms with Crippen molar-refractivity contribution in [2.45, 2.75) is 26.2 Å². The topological polar surface area (TPSA) is 51.8 Å². The number of nitrogens with two attached hydrogens (primary N) is 1. The Morgan fingerprint density at radius 3 is 2.82 bits per heavy atom. The van der Waals surface area contributed by atoms with Crippen molar-refractivity contribution >= 4 is 11.3 Å². The molecule has 0 radical (unpaired) electrons. The van der Waals surface area contributed by atoms with Crippen molar-refractivity contribution < 1.29 is 0 Å². The summed E-state index contributed by atoms with van der Waals surface area (Å²) < 4.78 is 0. The highest BCUT2D eigenvalue weighted by molar-refractivity contribution is 7.15. The Morgan fingerprint density at radius 2 is 2.24 bits per heavy atom. The number of thiazole rings is 1. The number of pyridine rings is 1. The summed E-state index contributed by atoms with van der Waals surface area (Å²) in [4.78, 5) is 10.2. The van der Waals surface area contributed by atoms with Gasteiger partial charge in [-0.3, -0.25) is 4.98 Å². The van der Waals surface area contributed by atoms with Crippen LogP contribution >= 0.6 is 11.3 Å². The maximum absolute atomic E-state index is 5.80. The molecule has 2 N–H and O–H groups in total. The molecule has 0 aliphatic heterocycles. The Labute approximate surface area is 106 Å². The summed E-state index contributed by atoms with van der Waals surface area (Å²) in [5, 5.41) is 0.991. The number of hydrogen-bond acceptors (Lipinski definition) is 4. The summed E-state index contributed by atoms with van der Waals surface area (Å²) in [6, 6.07) is 5.89. The first-order chi connectivity index (χ1) is 8.26. The predicted molar refractivity (Wildman–Crippen MR) is 72.2 cm³/mol. The van der Waals surface area contributed by atoms with Crippen LogP contribution in [0.4, 0.5) is 0 Å². The summed E-state index contributed by atoms with van der Waals surface area (Å²) in [5.74, 6) is 0.421. The van der Waals surface area contributed by atoms with Gasteiger partial charge >= 0.3 is 0 Å². The molecule has 1 unspecified atom stereocenters. The van der Waals surface area contributed by atoms with Crippen LogP contribution in [0.1, 0.15) is 29.8 Å². The maximum Gasteiger partial charge on any atom is 0.142 e. The Morgan fingerprint density at radius 1 is 1.41 bits per heavy atom. The average molecular weight is 247 g/mol. The van der Waals surface area contributed by atoms with Crippen LogP contribution in [0.3, 0.4) is 0 Å². The zero-order valence-corrected chi connectivity index (χ0v) is 11.0. The van der Waals surface area contributed by atoms with Gasteiger partial charge in [0.1, 0.15) is 5.01 Å². The lowest BCUT2D eigenvalue weighted by atomic mass is 10.0. The normalized spacial score (nSPS) is 12.6. The van der Waals surface area contributed by atoms with Gasteiger partial charge in [0.15, 0.2) is 0 Å². The van der Waals surface area contributed by atoms with Crippen LogP contribution in [-0.2, 0) is 0 Å². The Bertz CT molecular complexity index is 475. The van der Waals surface area contributed by atoms with E-state index >= 15 is 0 Å². The smallest absolute Gasteiger partial charge is 0.142 e. The zero-order chi connectivity index (χ0) is 12.3. The zero-order valence-electron chi connectivity index (χ0n) is 10.2. The minimum atomic E-state index is 0.421. The van der Waals surface area contributed by atoms with Crippen molar-refractivity contribution in [3.8, 4) is 10.7 Å². The lowest BCUT2D eigenvalue weighted by molar-refractivity contribution is 0.680. The third kappa shape index (κ3) is 2.53. The molecule has 2 rings (SSSR count). The summed E-state index contributed by atoms with van der Waals surface area (Å²) >= 11 is 1.72. The Kier molecular flexibility index (Phi) is 3.86. The largest absolute Gasteiger partial charge is 0.330 e. The fourth-order valence-electron chi connectivity index (χ4n) is 1.84. The monoisotopic (exact) mass is 247 g/mol. The van der Waals surface area contributed by atoms with Gasteiger partial charge in [-0.2, -0.15) is 0 Å². The second kappa shape index (κ2) is 5.38. The van der Waals surface area contributed by atoms with Crippen LogP contribution in [0.2, 0.25) is 0 Å². The van der Waals surface area contributed by atoms with Crippen LogP contribution in [0.25, 0.3) is 10.7 Å². The molecule has 0 aliphatic carbocycles. The van der Waals surface area contributed by atoms with Crippen LogP contribution < -0.4 is 5.73 Å². The van der Waals surface area contributed by atoms with Crippen molar-refractivity contribution in [2.24, 2.45) is 5.73 Å². The lowest BCUT2D eigenvalue weighted by Crippen LogP contribution is -2.11. The molecule has 0 aliphatic rings. The highest BCUT2D eigenvalue weighted by Crippen LogP contribution is 2.32. The second-order valence-corrected chi connectivity index (χ2v) is 5.06. The third-order valence-corrected chi connectivity index (χ3v) is 4.21. The van der Waals surface area contributed by atoms with E-state index in [0.717, 1.165) is 22.8 Å². The Hall–Kier alpha value is -1.26. The first kappa shape index (κ1) is 12.2. The molecule has 0 saturated heterocycles. The van der Waals surface area contributed by atoms with Gasteiger partial charge in [-0.1, -0.05) is 13.0 Å². The summed E-state index contributed by atoms with van der Waals surface area (Å²) in [6.07, 6.45) is 2.85. The number of aryl methyl sites for hydroxylation is 1. The fraction of sp³-hybridized carbons (Fsp3) is 0.385. The van der Waals surface area contributed by atoms with E-state index in [9.17, 15) is 0 Å². The summed E-state index contributed by atoms with van der Waals surface area (Å²) in [5.41, 5.74) is 7.83. The van der Waals surface area contributed by atoms with Gasteiger partial charge in [0.05, 0.1) is 11.4 Å². The number of rotatable bonds is 4. The van der Waals surface area contributed by atoms with Crippen molar-refractivity contribution in [3.63, 3.8) is 0 Å². The van der Waals surface area contributed by atoms with Gasteiger partial charge in [0.25, 0.3) is 0 Å². The minimum Gasteiger partial charge on any atom is -0.330 e. The van der Waals surface area contributed by atoms with E-state index in [-0.39, 0.29) is 0 Å². The molecule has 17 heavy (non-hydrogen) atoms. The molecule has 0 amide bonds. The minimum absolute atomic E-state index is 0.421. The fourth-order valence-corrected chi connectivity index (χ4v) is 3.08. The second-order valence-electron chi connectivity index (χ2n) is 4.02. The highest BCUT2D eigenvalue weighted by Gasteiger charge is 2.16. The van der Waals surface area contributed by atoms with E-state index in [1.54, 1.807) is 17.5 Å². The van der Waals surface area contributed by atoms with E-state index < -0.39 is 0 Å². The summed E-state index contributed by atoms with van der Waals surface area (Å²) in [6.45, 7) is 4.90. The molecule has 2 heterocycles. The predicted octanol–water partition coefficient (Wildman–Crippen LogP) is 2.97. The number of hydrogen-bond donors (Lipinski definition) is 1. The molecule has 0 bridgehead atoms. The maximum atomic E-state index is 5.80. The first-order valence-electron chi connectivity index (χ1n) is 5.85. The molecule has 1 atom stereocenters. The van der Waals surface area contributed by atoms with Crippen molar-refractivity contribution in [1.29, 1.82) is 0 Å². The van der Waals surface area contributed by atoms with Crippen molar-refractivity contribution in [2.75, 3.05) is 6.54 Å². The van der Waals surface area contributed by atoms with Gasteiger partial charge in [-0.15, -0.1) is 11.3 Å². The molecule has 0 spiro atoms. The molecular formula is C13H17N3S. The molecule has 4 heteroatoms. The van der Waals surface area contributed by atoms with Gasteiger partial charge in [0, 0.05) is 23.5 Å². The quantitative estimate of drug-likeness (QED) is 0.903. The van der Waals surface area contributed by atoms with Crippen molar-refractivity contribution in [1.82, 2.24) is 9.97 Å². The van der Waals surface area contributed by atoms with Crippen LogP contribution in [0.5, 0.6) is 0 Å². The Balaban J connectivity index is 2.37. The number of aromatic nitrogens is 2. The number of nitrogens with zero attached hydrogens (tertiary/aromatic N) is 2.